The Bertz CT molecular complexity index is 354. The molecule has 0 radical (unpaired) electrons. The molecule has 0 spiro atoms. The van der Waals surface area contributed by atoms with Crippen molar-refractivity contribution < 1.29 is 15.0 Å². The summed E-state index contributed by atoms with van der Waals surface area (Å²) in [6, 6.07) is 8.96. The van der Waals surface area contributed by atoms with Crippen LogP contribution in [-0.2, 0) is 4.79 Å². The maximum atomic E-state index is 10.9. The first-order valence-electron chi connectivity index (χ1n) is 4.63. The Balaban J connectivity index is 3.10. The summed E-state index contributed by atoms with van der Waals surface area (Å²) in [5.41, 5.74) is -1.09. The Labute approximate surface area is 88.7 Å². The zero-order valence-corrected chi connectivity index (χ0v) is 8.55. The van der Waals surface area contributed by atoms with Crippen LogP contribution in [0.5, 0.6) is 0 Å². The molecule has 0 heterocycles. The van der Waals surface area contributed by atoms with E-state index in [9.17, 15) is 9.90 Å². The summed E-state index contributed by atoms with van der Waals surface area (Å²) in [6.45, 7) is 4.84. The van der Waals surface area contributed by atoms with Crippen molar-refractivity contribution in [2.75, 3.05) is 0 Å². The lowest BCUT2D eigenvalue weighted by Crippen LogP contribution is -2.40. The number of carboxylic acids is 1. The van der Waals surface area contributed by atoms with E-state index in [0.29, 0.717) is 0 Å². The Hall–Kier alpha value is -1.61. The molecule has 0 bridgehead atoms. The molecule has 0 saturated carbocycles. The van der Waals surface area contributed by atoms with E-state index in [4.69, 9.17) is 5.11 Å². The fraction of sp³-hybridized carbons (Fsp3) is 0.250. The van der Waals surface area contributed by atoms with Crippen LogP contribution in [0, 0.1) is 0 Å². The van der Waals surface area contributed by atoms with Gasteiger partial charge in [-0.05, 0) is 12.5 Å². The number of benzene rings is 1. The van der Waals surface area contributed by atoms with E-state index in [2.05, 4.69) is 6.58 Å². The Morgan fingerprint density at radius 1 is 1.47 bits per heavy atom. The van der Waals surface area contributed by atoms with E-state index in [1.807, 2.05) is 6.07 Å². The van der Waals surface area contributed by atoms with Gasteiger partial charge in [-0.2, -0.15) is 0 Å². The number of rotatable bonds is 4. The van der Waals surface area contributed by atoms with E-state index < -0.39 is 17.5 Å². The minimum absolute atomic E-state index is 0.615. The highest BCUT2D eigenvalue weighted by Crippen LogP contribution is 2.29. The number of aliphatic hydroxyl groups is 1. The van der Waals surface area contributed by atoms with E-state index >= 15 is 0 Å². The Kier molecular flexibility index (Phi) is 3.27. The molecule has 1 aromatic rings. The van der Waals surface area contributed by atoms with Gasteiger partial charge >= 0.3 is 5.97 Å². The largest absolute Gasteiger partial charge is 0.479 e. The number of carboxylic acid groups (broad SMARTS) is 1. The normalized spacial score (nSPS) is 16.4. The van der Waals surface area contributed by atoms with Crippen molar-refractivity contribution in [2.24, 2.45) is 0 Å². The van der Waals surface area contributed by atoms with Crippen LogP contribution in [0.3, 0.4) is 0 Å². The molecule has 0 saturated heterocycles. The second-order valence-electron chi connectivity index (χ2n) is 3.58. The number of hydrogen-bond acceptors (Lipinski definition) is 2. The highest BCUT2D eigenvalue weighted by molar-refractivity contribution is 5.78. The first-order chi connectivity index (χ1) is 7.00. The molecule has 0 unspecified atom stereocenters. The SMILES string of the molecule is C=C[C@H](c1ccccc1)[C@@](C)(O)C(=O)O. The summed E-state index contributed by atoms with van der Waals surface area (Å²) < 4.78 is 0. The molecule has 3 nitrogen and oxygen atoms in total. The lowest BCUT2D eigenvalue weighted by atomic mass is 9.83. The van der Waals surface area contributed by atoms with Crippen LogP contribution in [0.4, 0.5) is 0 Å². The summed E-state index contributed by atoms with van der Waals surface area (Å²) in [5.74, 6) is -1.87. The Morgan fingerprint density at radius 2 is 2.00 bits per heavy atom. The molecule has 2 atom stereocenters. The van der Waals surface area contributed by atoms with Gasteiger partial charge in [0.05, 0.1) is 0 Å². The topological polar surface area (TPSA) is 57.5 Å². The second kappa shape index (κ2) is 4.28. The third-order valence-electron chi connectivity index (χ3n) is 2.43. The quantitative estimate of drug-likeness (QED) is 0.738. The van der Waals surface area contributed by atoms with Crippen LogP contribution in [0.2, 0.25) is 0 Å². The van der Waals surface area contributed by atoms with Crippen molar-refractivity contribution >= 4 is 5.97 Å². The minimum atomic E-state index is -1.83. The predicted octanol–water partition coefficient (Wildman–Crippen LogP) is 1.79. The monoisotopic (exact) mass is 206 g/mol. The zero-order chi connectivity index (χ0) is 11.5. The van der Waals surface area contributed by atoms with Crippen molar-refractivity contribution in [1.82, 2.24) is 0 Å². The number of aliphatic carboxylic acids is 1. The molecule has 1 aromatic carbocycles. The van der Waals surface area contributed by atoms with Crippen molar-refractivity contribution in [1.29, 1.82) is 0 Å². The average molecular weight is 206 g/mol. The molecule has 0 fully saturated rings. The molecule has 0 amide bonds. The highest BCUT2D eigenvalue weighted by Gasteiger charge is 2.38. The fourth-order valence-corrected chi connectivity index (χ4v) is 1.48. The first kappa shape index (κ1) is 11.5. The van der Waals surface area contributed by atoms with Gasteiger partial charge in [-0.25, -0.2) is 4.79 Å². The van der Waals surface area contributed by atoms with Gasteiger partial charge in [-0.3, -0.25) is 0 Å². The minimum Gasteiger partial charge on any atom is -0.479 e. The summed E-state index contributed by atoms with van der Waals surface area (Å²) >= 11 is 0. The van der Waals surface area contributed by atoms with Crippen LogP contribution < -0.4 is 0 Å². The summed E-state index contributed by atoms with van der Waals surface area (Å²) in [6.07, 6.45) is 1.45. The van der Waals surface area contributed by atoms with Gasteiger partial charge in [0.1, 0.15) is 0 Å². The van der Waals surface area contributed by atoms with Crippen LogP contribution in [0.25, 0.3) is 0 Å². The van der Waals surface area contributed by atoms with Crippen LogP contribution in [-0.4, -0.2) is 21.8 Å². The molecule has 3 heteroatoms. The fourth-order valence-electron chi connectivity index (χ4n) is 1.48. The van der Waals surface area contributed by atoms with Crippen molar-refractivity contribution in [3.63, 3.8) is 0 Å². The van der Waals surface area contributed by atoms with Gasteiger partial charge in [0.2, 0.25) is 0 Å². The maximum absolute atomic E-state index is 10.9. The van der Waals surface area contributed by atoms with Crippen molar-refractivity contribution in [2.45, 2.75) is 18.4 Å². The maximum Gasteiger partial charge on any atom is 0.336 e. The first-order valence-corrected chi connectivity index (χ1v) is 4.63. The number of hydrogen-bond donors (Lipinski definition) is 2. The Morgan fingerprint density at radius 3 is 2.40 bits per heavy atom. The highest BCUT2D eigenvalue weighted by atomic mass is 16.4. The molecular weight excluding hydrogens is 192 g/mol. The second-order valence-corrected chi connectivity index (χ2v) is 3.58. The van der Waals surface area contributed by atoms with Gasteiger partial charge in [0, 0.05) is 5.92 Å². The van der Waals surface area contributed by atoms with E-state index in [0.717, 1.165) is 5.56 Å². The molecule has 1 rings (SSSR count). The summed E-state index contributed by atoms with van der Waals surface area (Å²) in [4.78, 5) is 10.9. The zero-order valence-electron chi connectivity index (χ0n) is 8.55. The van der Waals surface area contributed by atoms with E-state index in [1.54, 1.807) is 24.3 Å². The van der Waals surface area contributed by atoms with Gasteiger partial charge in [-0.15, -0.1) is 6.58 Å². The molecule has 0 aliphatic heterocycles. The van der Waals surface area contributed by atoms with Crippen molar-refractivity contribution in [3.8, 4) is 0 Å². The summed E-state index contributed by atoms with van der Waals surface area (Å²) in [7, 11) is 0. The molecule has 0 aliphatic carbocycles. The lowest BCUT2D eigenvalue weighted by molar-refractivity contribution is -0.157. The average Bonchev–Trinajstić information content (AvgIpc) is 2.19. The smallest absolute Gasteiger partial charge is 0.336 e. The molecule has 0 aromatic heterocycles. The van der Waals surface area contributed by atoms with E-state index in [-0.39, 0.29) is 0 Å². The molecule has 80 valence electrons. The number of carbonyl (C=O) groups is 1. The molecular formula is C12H14O3. The van der Waals surface area contributed by atoms with Gasteiger partial charge in [-0.1, -0.05) is 36.4 Å². The van der Waals surface area contributed by atoms with Gasteiger partial charge in [0.25, 0.3) is 0 Å². The van der Waals surface area contributed by atoms with Gasteiger partial charge in [0.15, 0.2) is 5.60 Å². The van der Waals surface area contributed by atoms with Crippen molar-refractivity contribution in [3.05, 3.63) is 48.6 Å². The standard InChI is InChI=1S/C12H14O3/c1-3-10(12(2,15)11(13)14)9-7-5-4-6-8-9/h3-8,10,15H,1H2,2H3,(H,13,14)/t10-,12-/m1/s1. The summed E-state index contributed by atoms with van der Waals surface area (Å²) in [5, 5.41) is 18.7. The molecule has 2 N–H and O–H groups in total. The molecule has 0 aliphatic rings. The van der Waals surface area contributed by atoms with E-state index in [1.165, 1.54) is 13.0 Å². The lowest BCUT2D eigenvalue weighted by Gasteiger charge is -2.26. The molecule has 15 heavy (non-hydrogen) atoms. The predicted molar refractivity (Wildman–Crippen MR) is 57.6 cm³/mol. The third-order valence-corrected chi connectivity index (χ3v) is 2.43. The van der Waals surface area contributed by atoms with Crippen LogP contribution in [0.15, 0.2) is 43.0 Å². The third kappa shape index (κ3) is 2.25. The van der Waals surface area contributed by atoms with Crippen LogP contribution in [0.1, 0.15) is 18.4 Å². The van der Waals surface area contributed by atoms with Crippen LogP contribution >= 0.6 is 0 Å². The van der Waals surface area contributed by atoms with Gasteiger partial charge < -0.3 is 10.2 Å².